The van der Waals surface area contributed by atoms with Crippen LogP contribution in [0.3, 0.4) is 0 Å². The number of nitrogens with zero attached hydrogens (tertiary/aromatic N) is 1. The summed E-state index contributed by atoms with van der Waals surface area (Å²) >= 11 is 0. The van der Waals surface area contributed by atoms with Crippen LogP contribution >= 0.6 is 0 Å². The minimum atomic E-state index is 0.591. The van der Waals surface area contributed by atoms with Gasteiger partial charge in [0.2, 0.25) is 0 Å². The second kappa shape index (κ2) is 6.38. The highest BCUT2D eigenvalue weighted by atomic mass is 15.2. The predicted molar refractivity (Wildman–Crippen MR) is 78.9 cm³/mol. The normalized spacial score (nSPS) is 23.2. The predicted octanol–water partition coefficient (Wildman–Crippen LogP) is 3.28. The van der Waals surface area contributed by atoms with Gasteiger partial charge in [0, 0.05) is 19.1 Å². The Morgan fingerprint density at radius 1 is 1.22 bits per heavy atom. The molecule has 0 atom stereocenters. The largest absolute Gasteiger partial charge is 0.316 e. The Hall–Kier alpha value is -0.0800. The minimum absolute atomic E-state index is 0.591. The summed E-state index contributed by atoms with van der Waals surface area (Å²) in [5.41, 5.74) is 0.591. The molecule has 0 aromatic rings. The Kier molecular flexibility index (Phi) is 5.08. The SMILES string of the molecule is CCN(CC1(CNCC(C)C)CCCC1)C1CC1. The van der Waals surface area contributed by atoms with Crippen LogP contribution in [0.2, 0.25) is 0 Å². The molecular formula is C16H32N2. The zero-order valence-electron chi connectivity index (χ0n) is 12.7. The first-order chi connectivity index (χ1) is 8.65. The number of nitrogens with one attached hydrogen (secondary N) is 1. The lowest BCUT2D eigenvalue weighted by atomic mass is 9.85. The van der Waals surface area contributed by atoms with E-state index in [9.17, 15) is 0 Å². The third kappa shape index (κ3) is 3.96. The lowest BCUT2D eigenvalue weighted by molar-refractivity contribution is 0.146. The summed E-state index contributed by atoms with van der Waals surface area (Å²) in [6, 6.07) is 0.928. The van der Waals surface area contributed by atoms with Crippen molar-refractivity contribution in [1.29, 1.82) is 0 Å². The highest BCUT2D eigenvalue weighted by molar-refractivity contribution is 4.93. The fourth-order valence-electron chi connectivity index (χ4n) is 3.51. The van der Waals surface area contributed by atoms with Crippen molar-refractivity contribution in [3.05, 3.63) is 0 Å². The number of rotatable bonds is 8. The van der Waals surface area contributed by atoms with E-state index in [1.165, 1.54) is 64.7 Å². The summed E-state index contributed by atoms with van der Waals surface area (Å²) in [5, 5.41) is 3.73. The van der Waals surface area contributed by atoms with E-state index in [2.05, 4.69) is 31.0 Å². The highest BCUT2D eigenvalue weighted by Gasteiger charge is 2.38. The Bertz CT molecular complexity index is 239. The summed E-state index contributed by atoms with van der Waals surface area (Å²) in [4.78, 5) is 2.75. The van der Waals surface area contributed by atoms with Crippen molar-refractivity contribution >= 4 is 0 Å². The second-order valence-electron chi connectivity index (χ2n) is 7.03. The fraction of sp³-hybridized carbons (Fsp3) is 1.00. The van der Waals surface area contributed by atoms with E-state index in [1.54, 1.807) is 0 Å². The number of hydrogen-bond donors (Lipinski definition) is 1. The van der Waals surface area contributed by atoms with Crippen LogP contribution in [-0.4, -0.2) is 37.1 Å². The van der Waals surface area contributed by atoms with Crippen molar-refractivity contribution in [1.82, 2.24) is 10.2 Å². The van der Waals surface area contributed by atoms with Crippen molar-refractivity contribution in [3.63, 3.8) is 0 Å². The molecule has 2 aliphatic carbocycles. The molecule has 0 aromatic heterocycles. The molecule has 2 aliphatic rings. The molecule has 0 bridgehead atoms. The van der Waals surface area contributed by atoms with Crippen LogP contribution in [0.15, 0.2) is 0 Å². The van der Waals surface area contributed by atoms with Gasteiger partial charge < -0.3 is 10.2 Å². The van der Waals surface area contributed by atoms with Gasteiger partial charge in [0.05, 0.1) is 0 Å². The van der Waals surface area contributed by atoms with Crippen molar-refractivity contribution in [3.8, 4) is 0 Å². The van der Waals surface area contributed by atoms with Crippen LogP contribution in [0.25, 0.3) is 0 Å². The average Bonchev–Trinajstić information content (AvgIpc) is 3.08. The monoisotopic (exact) mass is 252 g/mol. The van der Waals surface area contributed by atoms with E-state index in [1.807, 2.05) is 0 Å². The maximum absolute atomic E-state index is 3.73. The third-order valence-electron chi connectivity index (χ3n) is 4.72. The highest BCUT2D eigenvalue weighted by Crippen LogP contribution is 2.40. The molecule has 2 fully saturated rings. The molecule has 18 heavy (non-hydrogen) atoms. The Morgan fingerprint density at radius 2 is 1.89 bits per heavy atom. The molecule has 1 N–H and O–H groups in total. The van der Waals surface area contributed by atoms with Gasteiger partial charge in [-0.05, 0) is 50.1 Å². The minimum Gasteiger partial charge on any atom is -0.316 e. The van der Waals surface area contributed by atoms with E-state index in [4.69, 9.17) is 0 Å². The van der Waals surface area contributed by atoms with Gasteiger partial charge in [0.1, 0.15) is 0 Å². The average molecular weight is 252 g/mol. The molecule has 0 unspecified atom stereocenters. The maximum Gasteiger partial charge on any atom is 0.00965 e. The van der Waals surface area contributed by atoms with Crippen LogP contribution in [-0.2, 0) is 0 Å². The van der Waals surface area contributed by atoms with Crippen LogP contribution in [0.5, 0.6) is 0 Å². The van der Waals surface area contributed by atoms with Crippen LogP contribution in [0.1, 0.15) is 59.3 Å². The van der Waals surface area contributed by atoms with Gasteiger partial charge in [-0.2, -0.15) is 0 Å². The lowest BCUT2D eigenvalue weighted by Crippen LogP contribution is -2.44. The molecule has 2 heteroatoms. The zero-order valence-corrected chi connectivity index (χ0v) is 12.7. The van der Waals surface area contributed by atoms with Gasteiger partial charge in [-0.1, -0.05) is 33.6 Å². The van der Waals surface area contributed by atoms with Gasteiger partial charge in [-0.15, -0.1) is 0 Å². The Morgan fingerprint density at radius 3 is 2.39 bits per heavy atom. The van der Waals surface area contributed by atoms with Gasteiger partial charge >= 0.3 is 0 Å². The Labute approximate surface area is 114 Å². The van der Waals surface area contributed by atoms with Crippen molar-refractivity contribution < 1.29 is 0 Å². The first kappa shape index (κ1) is 14.3. The van der Waals surface area contributed by atoms with Crippen LogP contribution < -0.4 is 5.32 Å². The summed E-state index contributed by atoms with van der Waals surface area (Å²) in [5.74, 6) is 0.772. The summed E-state index contributed by atoms with van der Waals surface area (Å²) in [7, 11) is 0. The molecule has 2 saturated carbocycles. The van der Waals surface area contributed by atoms with Crippen molar-refractivity contribution in [2.24, 2.45) is 11.3 Å². The topological polar surface area (TPSA) is 15.3 Å². The Balaban J connectivity index is 1.84. The van der Waals surface area contributed by atoms with Gasteiger partial charge in [-0.3, -0.25) is 0 Å². The molecule has 0 spiro atoms. The second-order valence-corrected chi connectivity index (χ2v) is 7.03. The molecule has 0 amide bonds. The molecule has 0 aromatic carbocycles. The first-order valence-electron chi connectivity index (χ1n) is 8.10. The van der Waals surface area contributed by atoms with Crippen molar-refractivity contribution in [2.75, 3.05) is 26.2 Å². The third-order valence-corrected chi connectivity index (χ3v) is 4.72. The van der Waals surface area contributed by atoms with E-state index < -0.39 is 0 Å². The standard InChI is InChI=1S/C16H32N2/c1-4-18(15-7-8-15)13-16(9-5-6-10-16)12-17-11-14(2)3/h14-15,17H,4-13H2,1-3H3. The van der Waals surface area contributed by atoms with Gasteiger partial charge in [-0.25, -0.2) is 0 Å². The molecule has 0 aliphatic heterocycles. The summed E-state index contributed by atoms with van der Waals surface area (Å²) < 4.78 is 0. The maximum atomic E-state index is 3.73. The molecule has 2 rings (SSSR count). The van der Waals surface area contributed by atoms with Gasteiger partial charge in [0.25, 0.3) is 0 Å². The van der Waals surface area contributed by atoms with Crippen molar-refractivity contribution in [2.45, 2.75) is 65.3 Å². The fourth-order valence-corrected chi connectivity index (χ4v) is 3.51. The lowest BCUT2D eigenvalue weighted by Gasteiger charge is -2.35. The van der Waals surface area contributed by atoms with E-state index >= 15 is 0 Å². The first-order valence-corrected chi connectivity index (χ1v) is 8.10. The van der Waals surface area contributed by atoms with E-state index in [-0.39, 0.29) is 0 Å². The van der Waals surface area contributed by atoms with E-state index in [0.717, 1.165) is 12.0 Å². The van der Waals surface area contributed by atoms with Crippen LogP contribution in [0.4, 0.5) is 0 Å². The zero-order chi connectivity index (χ0) is 13.0. The number of hydrogen-bond acceptors (Lipinski definition) is 2. The smallest absolute Gasteiger partial charge is 0.00965 e. The molecule has 0 heterocycles. The summed E-state index contributed by atoms with van der Waals surface area (Å²) in [6.45, 7) is 12.0. The molecule has 2 nitrogen and oxygen atoms in total. The molecular weight excluding hydrogens is 220 g/mol. The molecule has 106 valence electrons. The van der Waals surface area contributed by atoms with Crippen LogP contribution in [0, 0.1) is 11.3 Å². The molecule has 0 saturated heterocycles. The molecule has 0 radical (unpaired) electrons. The van der Waals surface area contributed by atoms with Gasteiger partial charge in [0.15, 0.2) is 0 Å². The summed E-state index contributed by atoms with van der Waals surface area (Å²) in [6.07, 6.45) is 8.69. The van der Waals surface area contributed by atoms with E-state index in [0.29, 0.717) is 5.41 Å². The quantitative estimate of drug-likeness (QED) is 0.713.